The van der Waals surface area contributed by atoms with Crippen molar-refractivity contribution >= 4 is 0 Å². The molecule has 5 heteroatoms. The quantitative estimate of drug-likeness (QED) is 0.796. The molecule has 0 spiro atoms. The molecule has 1 fully saturated rings. The van der Waals surface area contributed by atoms with Crippen LogP contribution in [0.1, 0.15) is 12.5 Å². The summed E-state index contributed by atoms with van der Waals surface area (Å²) in [5.41, 5.74) is 7.04. The van der Waals surface area contributed by atoms with E-state index in [0.717, 1.165) is 45.7 Å². The number of nitrogens with zero attached hydrogens (tertiary/aromatic N) is 4. The van der Waals surface area contributed by atoms with E-state index >= 15 is 0 Å². The van der Waals surface area contributed by atoms with E-state index in [4.69, 9.17) is 5.73 Å². The molecule has 18 heavy (non-hydrogen) atoms. The van der Waals surface area contributed by atoms with Gasteiger partial charge in [-0.15, -0.1) is 0 Å². The summed E-state index contributed by atoms with van der Waals surface area (Å²) in [5.74, 6) is 0. The van der Waals surface area contributed by atoms with Crippen molar-refractivity contribution in [1.82, 2.24) is 19.6 Å². The van der Waals surface area contributed by atoms with E-state index in [2.05, 4.69) is 28.0 Å². The average Bonchev–Trinajstić information content (AvgIpc) is 2.82. The van der Waals surface area contributed by atoms with E-state index in [1.54, 1.807) is 0 Å². The van der Waals surface area contributed by atoms with E-state index in [1.165, 1.54) is 5.56 Å². The maximum absolute atomic E-state index is 5.71. The summed E-state index contributed by atoms with van der Waals surface area (Å²) in [5, 5.41) is 4.20. The first kappa shape index (κ1) is 13.5. The van der Waals surface area contributed by atoms with Crippen molar-refractivity contribution in [2.45, 2.75) is 19.4 Å². The molecule has 1 aromatic heterocycles. The molecule has 2 N–H and O–H groups in total. The Morgan fingerprint density at radius 3 is 2.61 bits per heavy atom. The lowest BCUT2D eigenvalue weighted by Crippen LogP contribution is -2.51. The summed E-state index contributed by atoms with van der Waals surface area (Å²) in [6, 6.07) is 0.519. The van der Waals surface area contributed by atoms with Gasteiger partial charge in [-0.1, -0.05) is 0 Å². The predicted octanol–water partition coefficient (Wildman–Crippen LogP) is -0.0726. The molecular weight excluding hydrogens is 226 g/mol. The molecule has 102 valence electrons. The highest BCUT2D eigenvalue weighted by Gasteiger charge is 2.19. The fraction of sp³-hybridized carbons (Fsp3) is 0.769. The first-order valence-electron chi connectivity index (χ1n) is 6.83. The van der Waals surface area contributed by atoms with Crippen LogP contribution in [0.2, 0.25) is 0 Å². The highest BCUT2D eigenvalue weighted by molar-refractivity contribution is 5.04. The highest BCUT2D eigenvalue weighted by atomic mass is 15.3. The minimum Gasteiger partial charge on any atom is -0.329 e. The monoisotopic (exact) mass is 251 g/mol. The van der Waals surface area contributed by atoms with E-state index in [9.17, 15) is 0 Å². The lowest BCUT2D eigenvalue weighted by atomic mass is 10.2. The van der Waals surface area contributed by atoms with Gasteiger partial charge in [0.05, 0.1) is 6.20 Å². The molecule has 0 radical (unpaired) electrons. The maximum atomic E-state index is 5.71. The van der Waals surface area contributed by atoms with Crippen molar-refractivity contribution in [3.63, 3.8) is 0 Å². The first-order chi connectivity index (χ1) is 8.69. The number of hydrogen-bond donors (Lipinski definition) is 1. The fourth-order valence-electron chi connectivity index (χ4n) is 2.46. The molecule has 0 aliphatic carbocycles. The van der Waals surface area contributed by atoms with Gasteiger partial charge in [0.15, 0.2) is 0 Å². The Balaban J connectivity index is 1.70. The second-order valence-electron chi connectivity index (χ2n) is 5.23. The summed E-state index contributed by atoms with van der Waals surface area (Å²) < 4.78 is 1.87. The van der Waals surface area contributed by atoms with Crippen LogP contribution in [0.25, 0.3) is 0 Å². The fourth-order valence-corrected chi connectivity index (χ4v) is 2.46. The Kier molecular flexibility index (Phi) is 4.74. The zero-order valence-electron chi connectivity index (χ0n) is 11.5. The van der Waals surface area contributed by atoms with Gasteiger partial charge >= 0.3 is 0 Å². The third kappa shape index (κ3) is 3.54. The highest BCUT2D eigenvalue weighted by Crippen LogP contribution is 2.07. The summed E-state index contributed by atoms with van der Waals surface area (Å²) in [4.78, 5) is 5.02. The van der Waals surface area contributed by atoms with Gasteiger partial charge in [0.2, 0.25) is 0 Å². The Bertz CT molecular complexity index is 354. The van der Waals surface area contributed by atoms with Crippen LogP contribution in [-0.2, 0) is 13.5 Å². The largest absolute Gasteiger partial charge is 0.329 e. The molecule has 1 saturated heterocycles. The number of nitrogens with two attached hydrogens (primary N) is 1. The number of aryl methyl sites for hydroxylation is 1. The smallest absolute Gasteiger partial charge is 0.0522 e. The summed E-state index contributed by atoms with van der Waals surface area (Å²) >= 11 is 0. The van der Waals surface area contributed by atoms with Gasteiger partial charge in [-0.2, -0.15) is 5.10 Å². The van der Waals surface area contributed by atoms with Crippen LogP contribution >= 0.6 is 0 Å². The Hall–Kier alpha value is -0.910. The van der Waals surface area contributed by atoms with Crippen LogP contribution in [0.15, 0.2) is 12.4 Å². The molecular formula is C13H25N5. The van der Waals surface area contributed by atoms with Gasteiger partial charge in [0, 0.05) is 58.6 Å². The van der Waals surface area contributed by atoms with Gasteiger partial charge in [-0.05, 0) is 18.9 Å². The van der Waals surface area contributed by atoms with Crippen molar-refractivity contribution in [2.24, 2.45) is 12.8 Å². The SMILES string of the molecule is CC(CN)N1CCN(CCc2cnn(C)c2)CC1. The predicted molar refractivity (Wildman–Crippen MR) is 73.4 cm³/mol. The van der Waals surface area contributed by atoms with Gasteiger partial charge in [-0.3, -0.25) is 9.58 Å². The van der Waals surface area contributed by atoms with E-state index in [-0.39, 0.29) is 0 Å². The topological polar surface area (TPSA) is 50.3 Å². The molecule has 1 aliphatic heterocycles. The van der Waals surface area contributed by atoms with Gasteiger partial charge in [-0.25, -0.2) is 0 Å². The van der Waals surface area contributed by atoms with Gasteiger partial charge in [0.25, 0.3) is 0 Å². The first-order valence-corrected chi connectivity index (χ1v) is 6.83. The van der Waals surface area contributed by atoms with E-state index in [1.807, 2.05) is 17.9 Å². The maximum Gasteiger partial charge on any atom is 0.0522 e. The molecule has 2 rings (SSSR count). The van der Waals surface area contributed by atoms with Crippen LogP contribution in [-0.4, -0.2) is 64.9 Å². The Morgan fingerprint density at radius 1 is 1.33 bits per heavy atom. The molecule has 5 nitrogen and oxygen atoms in total. The molecule has 0 aromatic carbocycles. The van der Waals surface area contributed by atoms with Crippen molar-refractivity contribution in [3.8, 4) is 0 Å². The second kappa shape index (κ2) is 6.31. The van der Waals surface area contributed by atoms with Crippen molar-refractivity contribution in [1.29, 1.82) is 0 Å². The van der Waals surface area contributed by atoms with Crippen LogP contribution in [0.5, 0.6) is 0 Å². The summed E-state index contributed by atoms with van der Waals surface area (Å²) in [6.07, 6.45) is 5.17. The van der Waals surface area contributed by atoms with Gasteiger partial charge in [0.1, 0.15) is 0 Å². The normalized spacial score (nSPS) is 20.2. The number of hydrogen-bond acceptors (Lipinski definition) is 4. The molecule has 2 heterocycles. The third-order valence-electron chi connectivity index (χ3n) is 3.85. The van der Waals surface area contributed by atoms with E-state index < -0.39 is 0 Å². The minimum atomic E-state index is 0.519. The van der Waals surface area contributed by atoms with Gasteiger partial charge < -0.3 is 10.6 Å². The zero-order valence-corrected chi connectivity index (χ0v) is 11.5. The molecule has 1 aliphatic rings. The standard InChI is InChI=1S/C13H25N5/c1-12(9-14)18-7-5-17(6-8-18)4-3-13-10-15-16(2)11-13/h10-12H,3-9,14H2,1-2H3. The average molecular weight is 251 g/mol. The van der Waals surface area contributed by atoms with Crippen LogP contribution in [0.4, 0.5) is 0 Å². The van der Waals surface area contributed by atoms with E-state index in [0.29, 0.717) is 6.04 Å². The van der Waals surface area contributed by atoms with Crippen molar-refractivity contribution in [2.75, 3.05) is 39.3 Å². The Morgan fingerprint density at radius 2 is 2.06 bits per heavy atom. The second-order valence-corrected chi connectivity index (χ2v) is 5.23. The lowest BCUT2D eigenvalue weighted by Gasteiger charge is -2.37. The molecule has 1 atom stereocenters. The summed E-state index contributed by atoms with van der Waals surface area (Å²) in [7, 11) is 1.97. The molecule has 0 amide bonds. The number of piperazine rings is 1. The Labute approximate surface area is 110 Å². The van der Waals surface area contributed by atoms with Crippen LogP contribution in [0, 0.1) is 0 Å². The minimum absolute atomic E-state index is 0.519. The molecule has 0 saturated carbocycles. The van der Waals surface area contributed by atoms with Crippen LogP contribution in [0.3, 0.4) is 0 Å². The molecule has 1 aromatic rings. The zero-order chi connectivity index (χ0) is 13.0. The van der Waals surface area contributed by atoms with Crippen LogP contribution < -0.4 is 5.73 Å². The molecule has 0 bridgehead atoms. The third-order valence-corrected chi connectivity index (χ3v) is 3.85. The van der Waals surface area contributed by atoms with Crippen molar-refractivity contribution in [3.05, 3.63) is 18.0 Å². The number of aromatic nitrogens is 2. The summed E-state index contributed by atoms with van der Waals surface area (Å²) in [6.45, 7) is 8.71. The lowest BCUT2D eigenvalue weighted by molar-refractivity contribution is 0.106. The molecule has 1 unspecified atom stereocenters. The van der Waals surface area contributed by atoms with Crippen molar-refractivity contribution < 1.29 is 0 Å². The number of rotatable bonds is 5.